The molecule has 1 aromatic carbocycles. The quantitative estimate of drug-likeness (QED) is 0.591. The van der Waals surface area contributed by atoms with Crippen LogP contribution in [-0.4, -0.2) is 44.0 Å². The molecular weight excluding hydrogens is 332 g/mol. The van der Waals surface area contributed by atoms with E-state index in [1.165, 1.54) is 4.88 Å². The van der Waals surface area contributed by atoms with Gasteiger partial charge in [-0.3, -0.25) is 9.79 Å². The van der Waals surface area contributed by atoms with Crippen LogP contribution in [-0.2, 0) is 13.0 Å². The van der Waals surface area contributed by atoms with Gasteiger partial charge in [0.1, 0.15) is 0 Å². The molecule has 0 aliphatic heterocycles. The number of guanidine groups is 1. The molecule has 1 amide bonds. The number of likely N-dealkylation sites (N-methyl/N-ethyl adjacent to an activating group) is 1. The molecule has 0 saturated heterocycles. The van der Waals surface area contributed by atoms with E-state index in [1.807, 2.05) is 38.2 Å². The van der Waals surface area contributed by atoms with E-state index >= 15 is 0 Å². The maximum Gasteiger partial charge on any atom is 0.251 e. The highest BCUT2D eigenvalue weighted by atomic mass is 32.1. The predicted octanol–water partition coefficient (Wildman–Crippen LogP) is 2.75. The molecule has 0 aliphatic carbocycles. The van der Waals surface area contributed by atoms with Crippen molar-refractivity contribution in [3.05, 3.63) is 57.8 Å². The lowest BCUT2D eigenvalue weighted by Crippen LogP contribution is -2.39. The number of hydrogen-bond donors (Lipinski definition) is 2. The Labute approximate surface area is 153 Å². The van der Waals surface area contributed by atoms with Crippen molar-refractivity contribution in [3.8, 4) is 0 Å². The summed E-state index contributed by atoms with van der Waals surface area (Å²) in [4.78, 5) is 19.8. The van der Waals surface area contributed by atoms with Crippen LogP contribution in [0.1, 0.15) is 27.7 Å². The van der Waals surface area contributed by atoms with Crippen LogP contribution in [0.4, 0.5) is 0 Å². The number of thiophene rings is 1. The molecule has 2 aromatic rings. The van der Waals surface area contributed by atoms with Gasteiger partial charge in [-0.2, -0.15) is 0 Å². The second-order valence-corrected chi connectivity index (χ2v) is 6.74. The zero-order chi connectivity index (χ0) is 18.1. The van der Waals surface area contributed by atoms with Gasteiger partial charge in [0.15, 0.2) is 5.96 Å². The summed E-state index contributed by atoms with van der Waals surface area (Å²) in [6.45, 7) is 4.07. The van der Waals surface area contributed by atoms with Crippen LogP contribution in [0, 0.1) is 0 Å². The molecule has 25 heavy (non-hydrogen) atoms. The summed E-state index contributed by atoms with van der Waals surface area (Å²) in [5, 5.41) is 8.29. The fourth-order valence-corrected chi connectivity index (χ4v) is 3.19. The fourth-order valence-electron chi connectivity index (χ4n) is 2.49. The summed E-state index contributed by atoms with van der Waals surface area (Å²) in [6.07, 6.45) is 1.00. The van der Waals surface area contributed by atoms with Gasteiger partial charge in [0.25, 0.3) is 5.91 Å². The number of aliphatic imine (C=N–C) groups is 1. The van der Waals surface area contributed by atoms with E-state index in [0.29, 0.717) is 18.7 Å². The molecule has 0 saturated carbocycles. The number of nitrogens with one attached hydrogen (secondary N) is 2. The van der Waals surface area contributed by atoms with Gasteiger partial charge in [-0.15, -0.1) is 11.3 Å². The molecule has 6 heteroatoms. The van der Waals surface area contributed by atoms with E-state index in [9.17, 15) is 4.79 Å². The first-order chi connectivity index (χ1) is 12.1. The van der Waals surface area contributed by atoms with E-state index in [-0.39, 0.29) is 5.91 Å². The largest absolute Gasteiger partial charge is 0.352 e. The molecule has 0 unspecified atom stereocenters. The number of benzene rings is 1. The minimum atomic E-state index is -0.0400. The Kier molecular flexibility index (Phi) is 7.47. The third kappa shape index (κ3) is 5.90. The van der Waals surface area contributed by atoms with Crippen molar-refractivity contribution in [2.75, 3.05) is 27.2 Å². The van der Waals surface area contributed by atoms with Crippen LogP contribution >= 0.6 is 11.3 Å². The first-order valence-corrected chi connectivity index (χ1v) is 9.33. The second-order valence-electron chi connectivity index (χ2n) is 5.71. The molecule has 1 heterocycles. The third-order valence-corrected chi connectivity index (χ3v) is 4.76. The Morgan fingerprint density at radius 3 is 2.76 bits per heavy atom. The first kappa shape index (κ1) is 19.0. The highest BCUT2D eigenvalue weighted by Gasteiger charge is 2.08. The molecule has 0 radical (unpaired) electrons. The zero-order valence-corrected chi connectivity index (χ0v) is 15.9. The summed E-state index contributed by atoms with van der Waals surface area (Å²) in [5.74, 6) is 0.807. The van der Waals surface area contributed by atoms with Crippen LogP contribution in [0.15, 0.2) is 46.8 Å². The Morgan fingerprint density at radius 1 is 1.24 bits per heavy atom. The normalized spacial score (nSPS) is 11.2. The van der Waals surface area contributed by atoms with Crippen molar-refractivity contribution in [3.63, 3.8) is 0 Å². The molecule has 5 nitrogen and oxygen atoms in total. The topological polar surface area (TPSA) is 56.7 Å². The van der Waals surface area contributed by atoms with Crippen LogP contribution < -0.4 is 10.6 Å². The molecule has 2 rings (SSSR count). The zero-order valence-electron chi connectivity index (χ0n) is 15.1. The highest BCUT2D eigenvalue weighted by molar-refractivity contribution is 7.09. The number of carbonyl (C=O) groups excluding carboxylic acids is 1. The first-order valence-electron chi connectivity index (χ1n) is 8.45. The van der Waals surface area contributed by atoms with Crippen molar-refractivity contribution in [2.24, 2.45) is 4.99 Å². The maximum absolute atomic E-state index is 11.9. The van der Waals surface area contributed by atoms with Gasteiger partial charge in [-0.25, -0.2) is 0 Å². The Bertz CT molecular complexity index is 697. The Morgan fingerprint density at radius 2 is 2.08 bits per heavy atom. The highest BCUT2D eigenvalue weighted by Crippen LogP contribution is 2.10. The molecule has 0 fully saturated rings. The van der Waals surface area contributed by atoms with E-state index in [4.69, 9.17) is 0 Å². The number of nitrogens with zero attached hydrogens (tertiary/aromatic N) is 2. The molecule has 0 atom stereocenters. The molecule has 2 N–H and O–H groups in total. The second kappa shape index (κ2) is 9.84. The van der Waals surface area contributed by atoms with Gasteiger partial charge >= 0.3 is 0 Å². The number of rotatable bonds is 7. The lowest BCUT2D eigenvalue weighted by atomic mass is 10.1. The fraction of sp³-hybridized carbons (Fsp3) is 0.368. The summed E-state index contributed by atoms with van der Waals surface area (Å²) >= 11 is 1.78. The van der Waals surface area contributed by atoms with Crippen LogP contribution in [0.3, 0.4) is 0 Å². The van der Waals surface area contributed by atoms with Crippen LogP contribution in [0.2, 0.25) is 0 Å². The molecule has 134 valence electrons. The molecule has 0 spiro atoms. The third-order valence-electron chi connectivity index (χ3n) is 3.82. The summed E-state index contributed by atoms with van der Waals surface area (Å²) in [5.41, 5.74) is 1.73. The standard InChI is InChI=1S/C19H26N4OS/c1-4-21-18(24)16-8-5-7-15(13-16)14-22-19(20-2)23(3)11-10-17-9-6-12-25-17/h5-9,12-13H,4,10-11,14H2,1-3H3,(H,20,22)(H,21,24). The number of amides is 1. The lowest BCUT2D eigenvalue weighted by molar-refractivity contribution is 0.0955. The van der Waals surface area contributed by atoms with Gasteiger partial charge in [0.05, 0.1) is 0 Å². The lowest BCUT2D eigenvalue weighted by Gasteiger charge is -2.22. The SMILES string of the molecule is CCNC(=O)c1cccc(CNC(=NC)N(C)CCc2cccs2)c1. The van der Waals surface area contributed by atoms with E-state index < -0.39 is 0 Å². The van der Waals surface area contributed by atoms with Crippen molar-refractivity contribution >= 4 is 23.2 Å². The van der Waals surface area contributed by atoms with Gasteiger partial charge in [-0.1, -0.05) is 18.2 Å². The van der Waals surface area contributed by atoms with Gasteiger partial charge in [0.2, 0.25) is 0 Å². The van der Waals surface area contributed by atoms with Gasteiger partial charge < -0.3 is 15.5 Å². The van der Waals surface area contributed by atoms with E-state index in [2.05, 4.69) is 38.0 Å². The summed E-state index contributed by atoms with van der Waals surface area (Å²) < 4.78 is 0. The predicted molar refractivity (Wildman–Crippen MR) is 105 cm³/mol. The monoisotopic (exact) mass is 358 g/mol. The van der Waals surface area contributed by atoms with Gasteiger partial charge in [-0.05, 0) is 42.5 Å². The van der Waals surface area contributed by atoms with Crippen molar-refractivity contribution < 1.29 is 4.79 Å². The molecule has 0 aliphatic rings. The average Bonchev–Trinajstić information content (AvgIpc) is 3.14. The summed E-state index contributed by atoms with van der Waals surface area (Å²) in [7, 11) is 3.82. The minimum absolute atomic E-state index is 0.0400. The smallest absolute Gasteiger partial charge is 0.251 e. The van der Waals surface area contributed by atoms with E-state index in [1.54, 1.807) is 18.4 Å². The van der Waals surface area contributed by atoms with Crippen molar-refractivity contribution in [2.45, 2.75) is 19.9 Å². The summed E-state index contributed by atoms with van der Waals surface area (Å²) in [6, 6.07) is 11.9. The Hall–Kier alpha value is -2.34. The minimum Gasteiger partial charge on any atom is -0.352 e. The average molecular weight is 359 g/mol. The van der Waals surface area contributed by atoms with Gasteiger partial charge in [0, 0.05) is 44.2 Å². The molecular formula is C19H26N4OS. The number of carbonyl (C=O) groups is 1. The Balaban J connectivity index is 1.89. The van der Waals surface area contributed by atoms with Crippen LogP contribution in [0.25, 0.3) is 0 Å². The maximum atomic E-state index is 11.9. The van der Waals surface area contributed by atoms with Crippen LogP contribution in [0.5, 0.6) is 0 Å². The molecule has 1 aromatic heterocycles. The molecule has 0 bridgehead atoms. The number of hydrogen-bond acceptors (Lipinski definition) is 3. The van der Waals surface area contributed by atoms with E-state index in [0.717, 1.165) is 24.5 Å². The van der Waals surface area contributed by atoms with Crippen molar-refractivity contribution in [1.82, 2.24) is 15.5 Å². The van der Waals surface area contributed by atoms with Crippen molar-refractivity contribution in [1.29, 1.82) is 0 Å².